The number of carbonyl (C=O) groups is 1. The minimum Gasteiger partial charge on any atom is -0.335 e. The first-order chi connectivity index (χ1) is 15.6. The second-order valence-corrected chi connectivity index (χ2v) is 8.86. The zero-order chi connectivity index (χ0) is 21.8. The Balaban J connectivity index is 1.48. The van der Waals surface area contributed by atoms with E-state index in [1.807, 2.05) is 37.5 Å². The normalized spacial score (nSPS) is 15.9. The molecule has 0 bridgehead atoms. The fraction of sp³-hybridized carbons (Fsp3) is 0.360. The maximum Gasteiger partial charge on any atom is 0.222 e. The van der Waals surface area contributed by atoms with Crippen LogP contribution in [0.5, 0.6) is 0 Å². The van der Waals surface area contributed by atoms with Gasteiger partial charge < -0.3 is 9.47 Å². The number of aryl methyl sites for hydroxylation is 1. The van der Waals surface area contributed by atoms with Crippen LogP contribution in [0.25, 0.3) is 33.3 Å². The highest BCUT2D eigenvalue weighted by Gasteiger charge is 2.34. The summed E-state index contributed by atoms with van der Waals surface area (Å²) >= 11 is 0. The molecule has 1 fully saturated rings. The van der Waals surface area contributed by atoms with Crippen LogP contribution in [0.3, 0.4) is 0 Å². The lowest BCUT2D eigenvalue weighted by atomic mass is 10.0. The molecule has 7 heteroatoms. The summed E-state index contributed by atoms with van der Waals surface area (Å²) in [5.41, 5.74) is 5.16. The summed E-state index contributed by atoms with van der Waals surface area (Å²) in [5.74, 6) is 1.95. The SMILES string of the molecule is CCC(=O)N1CCn2c(C3CC3)nc(-c3cccc4cc(-c5cnn(C)c5)ncc34)c2C1. The number of imidazole rings is 1. The van der Waals surface area contributed by atoms with E-state index in [9.17, 15) is 4.79 Å². The van der Waals surface area contributed by atoms with Crippen LogP contribution in [0.15, 0.2) is 42.9 Å². The molecule has 6 rings (SSSR count). The highest BCUT2D eigenvalue weighted by molar-refractivity contribution is 5.97. The fourth-order valence-corrected chi connectivity index (χ4v) is 4.79. The summed E-state index contributed by atoms with van der Waals surface area (Å²) in [4.78, 5) is 24.3. The molecule has 0 N–H and O–H groups in total. The molecule has 0 unspecified atom stereocenters. The van der Waals surface area contributed by atoms with Crippen molar-refractivity contribution < 1.29 is 4.79 Å². The number of rotatable bonds is 4. The molecule has 4 heterocycles. The zero-order valence-electron chi connectivity index (χ0n) is 18.5. The van der Waals surface area contributed by atoms with Crippen molar-refractivity contribution in [2.24, 2.45) is 7.05 Å². The lowest BCUT2D eigenvalue weighted by Gasteiger charge is -2.29. The van der Waals surface area contributed by atoms with Crippen molar-refractivity contribution in [3.05, 3.63) is 54.4 Å². The van der Waals surface area contributed by atoms with E-state index in [0.29, 0.717) is 18.9 Å². The molecule has 0 saturated heterocycles. The number of nitrogens with zero attached hydrogens (tertiary/aromatic N) is 6. The van der Waals surface area contributed by atoms with Crippen molar-refractivity contribution >= 4 is 16.7 Å². The van der Waals surface area contributed by atoms with E-state index in [1.165, 1.54) is 18.7 Å². The lowest BCUT2D eigenvalue weighted by Crippen LogP contribution is -2.38. The van der Waals surface area contributed by atoms with Crippen LogP contribution in [-0.2, 0) is 24.9 Å². The smallest absolute Gasteiger partial charge is 0.222 e. The van der Waals surface area contributed by atoms with Gasteiger partial charge in [-0.05, 0) is 24.3 Å². The molecule has 1 aliphatic heterocycles. The van der Waals surface area contributed by atoms with Crippen molar-refractivity contribution in [2.75, 3.05) is 6.54 Å². The maximum absolute atomic E-state index is 12.4. The summed E-state index contributed by atoms with van der Waals surface area (Å²) in [6.07, 6.45) is 8.72. The van der Waals surface area contributed by atoms with Gasteiger partial charge in [-0.2, -0.15) is 5.10 Å². The number of benzene rings is 1. The highest BCUT2D eigenvalue weighted by atomic mass is 16.2. The number of aromatic nitrogens is 5. The molecule has 7 nitrogen and oxygen atoms in total. The highest BCUT2D eigenvalue weighted by Crippen LogP contribution is 2.43. The molecule has 162 valence electrons. The minimum atomic E-state index is 0.206. The molecule has 1 aliphatic carbocycles. The summed E-state index contributed by atoms with van der Waals surface area (Å²) in [5, 5.41) is 6.49. The third-order valence-electron chi connectivity index (χ3n) is 6.65. The largest absolute Gasteiger partial charge is 0.335 e. The Morgan fingerprint density at radius 1 is 1.19 bits per heavy atom. The average Bonchev–Trinajstić information content (AvgIpc) is 3.47. The van der Waals surface area contributed by atoms with Gasteiger partial charge in [0.2, 0.25) is 5.91 Å². The van der Waals surface area contributed by atoms with Crippen LogP contribution in [0, 0.1) is 0 Å². The van der Waals surface area contributed by atoms with Crippen LogP contribution in [0.2, 0.25) is 0 Å². The number of fused-ring (bicyclic) bond motifs is 2. The molecule has 2 aliphatic rings. The number of amides is 1. The van der Waals surface area contributed by atoms with Gasteiger partial charge in [-0.15, -0.1) is 0 Å². The average molecular weight is 427 g/mol. The van der Waals surface area contributed by atoms with Crippen molar-refractivity contribution in [1.82, 2.24) is 29.2 Å². The van der Waals surface area contributed by atoms with E-state index >= 15 is 0 Å². The second-order valence-electron chi connectivity index (χ2n) is 8.86. The van der Waals surface area contributed by atoms with Gasteiger partial charge in [0, 0.05) is 61.4 Å². The molecule has 1 saturated carbocycles. The minimum absolute atomic E-state index is 0.206. The predicted molar refractivity (Wildman–Crippen MR) is 123 cm³/mol. The maximum atomic E-state index is 12.4. The summed E-state index contributed by atoms with van der Waals surface area (Å²) in [6.45, 7) is 4.15. The molecule has 32 heavy (non-hydrogen) atoms. The molecular formula is C25H26N6O. The molecule has 1 amide bonds. The topological polar surface area (TPSA) is 68.8 Å². The van der Waals surface area contributed by atoms with Crippen LogP contribution >= 0.6 is 0 Å². The zero-order valence-corrected chi connectivity index (χ0v) is 18.5. The monoisotopic (exact) mass is 426 g/mol. The Hall–Kier alpha value is -3.48. The van der Waals surface area contributed by atoms with E-state index in [4.69, 9.17) is 9.97 Å². The van der Waals surface area contributed by atoms with Gasteiger partial charge in [0.25, 0.3) is 0 Å². The van der Waals surface area contributed by atoms with Crippen molar-refractivity contribution in [2.45, 2.75) is 45.2 Å². The molecule has 0 radical (unpaired) electrons. The Morgan fingerprint density at radius 3 is 2.81 bits per heavy atom. The Bertz CT molecular complexity index is 1350. The summed E-state index contributed by atoms with van der Waals surface area (Å²) in [7, 11) is 1.91. The van der Waals surface area contributed by atoms with Gasteiger partial charge in [0.05, 0.1) is 29.8 Å². The number of hydrogen-bond donors (Lipinski definition) is 0. The number of pyridine rings is 1. The van der Waals surface area contributed by atoms with Crippen LogP contribution < -0.4 is 0 Å². The van der Waals surface area contributed by atoms with E-state index < -0.39 is 0 Å². The molecule has 0 spiro atoms. The molecule has 1 aromatic carbocycles. The Kier molecular flexibility index (Phi) is 4.38. The molecule has 3 aromatic heterocycles. The van der Waals surface area contributed by atoms with Gasteiger partial charge in [-0.25, -0.2) is 4.98 Å². The van der Waals surface area contributed by atoms with Crippen molar-refractivity contribution in [3.63, 3.8) is 0 Å². The summed E-state index contributed by atoms with van der Waals surface area (Å²) < 4.78 is 4.17. The van der Waals surface area contributed by atoms with E-state index in [-0.39, 0.29) is 5.91 Å². The van der Waals surface area contributed by atoms with Gasteiger partial charge in [-0.1, -0.05) is 25.1 Å². The van der Waals surface area contributed by atoms with Gasteiger partial charge >= 0.3 is 0 Å². The van der Waals surface area contributed by atoms with Crippen molar-refractivity contribution in [1.29, 1.82) is 0 Å². The third-order valence-corrected chi connectivity index (χ3v) is 6.65. The molecule has 0 atom stereocenters. The number of carbonyl (C=O) groups excluding carboxylic acids is 1. The lowest BCUT2D eigenvalue weighted by molar-refractivity contribution is -0.132. The number of hydrogen-bond acceptors (Lipinski definition) is 4. The van der Waals surface area contributed by atoms with E-state index in [0.717, 1.165) is 52.1 Å². The third kappa shape index (κ3) is 3.11. The predicted octanol–water partition coefficient (Wildman–Crippen LogP) is 4.13. The van der Waals surface area contributed by atoms with E-state index in [1.54, 1.807) is 4.68 Å². The Morgan fingerprint density at radius 2 is 2.06 bits per heavy atom. The quantitative estimate of drug-likeness (QED) is 0.492. The standard InChI is InChI=1S/C25H26N6O/c1-3-23(32)30-9-10-31-22(15-30)24(28-25(31)16-7-8-16)19-6-4-5-17-11-21(26-13-20(17)19)18-12-27-29(2)14-18/h4-6,11-14,16H,3,7-10,15H2,1-2H3. The first-order valence-electron chi connectivity index (χ1n) is 11.4. The van der Waals surface area contributed by atoms with E-state index in [2.05, 4.69) is 33.9 Å². The van der Waals surface area contributed by atoms with Crippen LogP contribution in [0.4, 0.5) is 0 Å². The van der Waals surface area contributed by atoms with Gasteiger partial charge in [-0.3, -0.25) is 14.5 Å². The first-order valence-corrected chi connectivity index (χ1v) is 11.4. The fourth-order valence-electron chi connectivity index (χ4n) is 4.79. The van der Waals surface area contributed by atoms with Crippen molar-refractivity contribution in [3.8, 4) is 22.5 Å². The van der Waals surface area contributed by atoms with Gasteiger partial charge in [0.1, 0.15) is 5.82 Å². The molecule has 4 aromatic rings. The van der Waals surface area contributed by atoms with Crippen LogP contribution in [-0.4, -0.2) is 41.7 Å². The summed E-state index contributed by atoms with van der Waals surface area (Å²) in [6, 6.07) is 8.46. The molecular weight excluding hydrogens is 400 g/mol. The Labute approximate surface area is 186 Å². The second kappa shape index (κ2) is 7.29. The first kappa shape index (κ1) is 19.2. The van der Waals surface area contributed by atoms with Crippen LogP contribution in [0.1, 0.15) is 43.6 Å². The van der Waals surface area contributed by atoms with Gasteiger partial charge in [0.15, 0.2) is 0 Å².